The van der Waals surface area contributed by atoms with Crippen LogP contribution in [-0.4, -0.2) is 6.04 Å². The summed E-state index contributed by atoms with van der Waals surface area (Å²) in [6.07, 6.45) is 7.12. The second kappa shape index (κ2) is 2.67. The van der Waals surface area contributed by atoms with E-state index in [-0.39, 0.29) is 6.04 Å². The second-order valence-electron chi connectivity index (χ2n) is 2.23. The van der Waals surface area contributed by atoms with Crippen molar-refractivity contribution in [2.45, 2.75) is 19.4 Å². The lowest BCUT2D eigenvalue weighted by atomic mass is 10.1. The largest absolute Gasteiger partial charge is 0.324 e. The van der Waals surface area contributed by atoms with Gasteiger partial charge in [-0.25, -0.2) is 0 Å². The van der Waals surface area contributed by atoms with E-state index in [1.807, 2.05) is 19.1 Å². The van der Waals surface area contributed by atoms with E-state index in [4.69, 9.17) is 5.73 Å². The average molecular weight is 121 g/mol. The van der Waals surface area contributed by atoms with Gasteiger partial charge in [-0.05, 0) is 19.4 Å². The zero-order valence-corrected chi connectivity index (χ0v) is 5.59. The van der Waals surface area contributed by atoms with Gasteiger partial charge in [-0.15, -0.1) is 5.73 Å². The molecule has 0 saturated heterocycles. The Bertz CT molecular complexity index is 181. The SMILES string of the molecule is C[C@H](N)C1=C=CCC=C1. The molecule has 1 rings (SSSR count). The van der Waals surface area contributed by atoms with Gasteiger partial charge in [0.2, 0.25) is 0 Å². The van der Waals surface area contributed by atoms with Gasteiger partial charge in [0.25, 0.3) is 0 Å². The molecule has 0 unspecified atom stereocenters. The highest BCUT2D eigenvalue weighted by molar-refractivity contribution is 5.26. The Kier molecular flexibility index (Phi) is 1.88. The van der Waals surface area contributed by atoms with E-state index in [2.05, 4.69) is 11.8 Å². The molecule has 9 heavy (non-hydrogen) atoms. The summed E-state index contributed by atoms with van der Waals surface area (Å²) in [7, 11) is 0. The second-order valence-corrected chi connectivity index (χ2v) is 2.23. The van der Waals surface area contributed by atoms with Crippen molar-refractivity contribution in [3.8, 4) is 0 Å². The lowest BCUT2D eigenvalue weighted by Crippen LogP contribution is -2.16. The van der Waals surface area contributed by atoms with Crippen LogP contribution in [0.2, 0.25) is 0 Å². The third kappa shape index (κ3) is 1.56. The maximum Gasteiger partial charge on any atom is 0.0339 e. The Morgan fingerprint density at radius 3 is 2.89 bits per heavy atom. The van der Waals surface area contributed by atoms with E-state index < -0.39 is 0 Å². The highest BCUT2D eigenvalue weighted by Gasteiger charge is 1.97. The molecule has 0 bridgehead atoms. The molecule has 0 amide bonds. The van der Waals surface area contributed by atoms with Crippen molar-refractivity contribution < 1.29 is 0 Å². The van der Waals surface area contributed by atoms with Crippen LogP contribution >= 0.6 is 0 Å². The van der Waals surface area contributed by atoms with Gasteiger partial charge in [0.05, 0.1) is 0 Å². The smallest absolute Gasteiger partial charge is 0.0339 e. The first kappa shape index (κ1) is 6.34. The van der Waals surface area contributed by atoms with E-state index in [0.29, 0.717) is 0 Å². The van der Waals surface area contributed by atoms with Crippen molar-refractivity contribution in [2.75, 3.05) is 0 Å². The lowest BCUT2D eigenvalue weighted by molar-refractivity contribution is 0.883. The predicted octanol–water partition coefficient (Wildman–Crippen LogP) is 1.38. The molecule has 2 N–H and O–H groups in total. The van der Waals surface area contributed by atoms with Crippen LogP contribution in [0.1, 0.15) is 13.3 Å². The van der Waals surface area contributed by atoms with Crippen LogP contribution < -0.4 is 5.73 Å². The summed E-state index contributed by atoms with van der Waals surface area (Å²) >= 11 is 0. The molecule has 1 heteroatoms. The standard InChI is InChI=1S/C8H11N/c1-7(9)8-5-3-2-4-6-8/h3-5,7H,2,9H2,1H3/t7-/m0/s1. The predicted molar refractivity (Wildman–Crippen MR) is 39.0 cm³/mol. The Balaban J connectivity index is 2.79. The van der Waals surface area contributed by atoms with Gasteiger partial charge in [0.15, 0.2) is 0 Å². The first-order chi connectivity index (χ1) is 4.30. The van der Waals surface area contributed by atoms with E-state index in [0.717, 1.165) is 12.0 Å². The van der Waals surface area contributed by atoms with Gasteiger partial charge in [0.1, 0.15) is 0 Å². The molecular formula is C8H11N. The van der Waals surface area contributed by atoms with Gasteiger partial charge in [0, 0.05) is 11.6 Å². The molecule has 1 aliphatic carbocycles. The van der Waals surface area contributed by atoms with Crippen LogP contribution in [0, 0.1) is 0 Å². The molecular weight excluding hydrogens is 110 g/mol. The van der Waals surface area contributed by atoms with Crippen molar-refractivity contribution in [3.05, 3.63) is 29.5 Å². The van der Waals surface area contributed by atoms with Crippen molar-refractivity contribution >= 4 is 0 Å². The first-order valence-electron chi connectivity index (χ1n) is 3.18. The monoisotopic (exact) mass is 121 g/mol. The van der Waals surface area contributed by atoms with Crippen LogP contribution in [0.15, 0.2) is 29.5 Å². The molecule has 0 fully saturated rings. The number of allylic oxidation sites excluding steroid dienone is 1. The van der Waals surface area contributed by atoms with Gasteiger partial charge in [-0.1, -0.05) is 12.2 Å². The first-order valence-corrected chi connectivity index (χ1v) is 3.18. The molecule has 0 aromatic rings. The van der Waals surface area contributed by atoms with E-state index in [1.54, 1.807) is 0 Å². The van der Waals surface area contributed by atoms with Gasteiger partial charge in [-0.2, -0.15) is 0 Å². The summed E-state index contributed by atoms with van der Waals surface area (Å²) in [5, 5.41) is 0. The van der Waals surface area contributed by atoms with E-state index >= 15 is 0 Å². The maximum absolute atomic E-state index is 5.60. The summed E-state index contributed by atoms with van der Waals surface area (Å²) in [5.74, 6) is 0. The zero-order chi connectivity index (χ0) is 6.69. The molecule has 0 saturated carbocycles. The quantitative estimate of drug-likeness (QED) is 0.521. The summed E-state index contributed by atoms with van der Waals surface area (Å²) in [4.78, 5) is 0. The van der Waals surface area contributed by atoms with Crippen molar-refractivity contribution in [1.29, 1.82) is 0 Å². The molecule has 0 heterocycles. The van der Waals surface area contributed by atoms with Crippen molar-refractivity contribution in [1.82, 2.24) is 0 Å². The van der Waals surface area contributed by atoms with Crippen molar-refractivity contribution in [3.63, 3.8) is 0 Å². The molecule has 0 aromatic heterocycles. The highest BCUT2D eigenvalue weighted by Crippen LogP contribution is 2.04. The summed E-state index contributed by atoms with van der Waals surface area (Å²) in [6, 6.07) is 0.123. The highest BCUT2D eigenvalue weighted by atomic mass is 14.6. The number of rotatable bonds is 1. The Hall–Kier alpha value is -0.780. The fourth-order valence-electron chi connectivity index (χ4n) is 0.771. The molecule has 48 valence electrons. The Labute approximate surface area is 55.6 Å². The molecule has 0 aliphatic heterocycles. The van der Waals surface area contributed by atoms with Gasteiger partial charge >= 0.3 is 0 Å². The van der Waals surface area contributed by atoms with Gasteiger partial charge < -0.3 is 5.73 Å². The number of nitrogens with two attached hydrogens (primary N) is 1. The Morgan fingerprint density at radius 2 is 2.56 bits per heavy atom. The van der Waals surface area contributed by atoms with E-state index in [9.17, 15) is 0 Å². The Morgan fingerprint density at radius 1 is 1.78 bits per heavy atom. The van der Waals surface area contributed by atoms with Crippen LogP contribution in [0.4, 0.5) is 0 Å². The lowest BCUT2D eigenvalue weighted by Gasteiger charge is -2.03. The molecule has 0 radical (unpaired) electrons. The molecule has 1 nitrogen and oxygen atoms in total. The van der Waals surface area contributed by atoms with Gasteiger partial charge in [-0.3, -0.25) is 0 Å². The number of hydrogen-bond donors (Lipinski definition) is 1. The summed E-state index contributed by atoms with van der Waals surface area (Å²) in [5.41, 5.74) is 9.79. The maximum atomic E-state index is 5.60. The average Bonchev–Trinajstić information content (AvgIpc) is 1.90. The summed E-state index contributed by atoms with van der Waals surface area (Å²) in [6.45, 7) is 1.96. The molecule has 1 atom stereocenters. The topological polar surface area (TPSA) is 26.0 Å². The third-order valence-corrected chi connectivity index (χ3v) is 1.31. The molecule has 0 spiro atoms. The van der Waals surface area contributed by atoms with Crippen LogP contribution in [-0.2, 0) is 0 Å². The van der Waals surface area contributed by atoms with Crippen LogP contribution in [0.5, 0.6) is 0 Å². The van der Waals surface area contributed by atoms with Crippen LogP contribution in [0.3, 0.4) is 0 Å². The molecule has 1 aliphatic rings. The fourth-order valence-corrected chi connectivity index (χ4v) is 0.771. The minimum absolute atomic E-state index is 0.123. The fraction of sp³-hybridized carbons (Fsp3) is 0.375. The van der Waals surface area contributed by atoms with Crippen molar-refractivity contribution in [2.24, 2.45) is 5.73 Å². The third-order valence-electron chi connectivity index (χ3n) is 1.31. The van der Waals surface area contributed by atoms with Crippen LogP contribution in [0.25, 0.3) is 0 Å². The number of hydrogen-bond acceptors (Lipinski definition) is 1. The minimum atomic E-state index is 0.123. The summed E-state index contributed by atoms with van der Waals surface area (Å²) < 4.78 is 0. The minimum Gasteiger partial charge on any atom is -0.324 e. The zero-order valence-electron chi connectivity index (χ0n) is 5.59. The van der Waals surface area contributed by atoms with E-state index in [1.165, 1.54) is 0 Å². The molecule has 0 aromatic carbocycles. The normalized spacial score (nSPS) is 19.6.